The molecule has 4 heteroatoms. The Labute approximate surface area is 145 Å². The van der Waals surface area contributed by atoms with Crippen LogP contribution in [0, 0.1) is 3.57 Å². The Bertz CT molecular complexity index is 586. The molecule has 2 aromatic rings. The van der Waals surface area contributed by atoms with Crippen LogP contribution in [0.3, 0.4) is 0 Å². The first kappa shape index (κ1) is 15.8. The molecule has 102 valence electrons. The van der Waals surface area contributed by atoms with Gasteiger partial charge in [0.05, 0.1) is 9.85 Å². The number of hydrogen-bond acceptors (Lipinski definition) is 1. The number of benzene rings is 1. The molecule has 0 aliphatic heterocycles. The largest absolute Gasteiger partial charge is 0.143 e. The molecule has 1 aromatic carbocycles. The van der Waals surface area contributed by atoms with E-state index in [2.05, 4.69) is 83.6 Å². The van der Waals surface area contributed by atoms with Crippen LogP contribution in [0.4, 0.5) is 0 Å². The van der Waals surface area contributed by atoms with E-state index in [-0.39, 0.29) is 10.2 Å². The van der Waals surface area contributed by atoms with Gasteiger partial charge < -0.3 is 0 Å². The van der Waals surface area contributed by atoms with Gasteiger partial charge in [0.25, 0.3) is 0 Å². The highest BCUT2D eigenvalue weighted by atomic mass is 127. The van der Waals surface area contributed by atoms with Gasteiger partial charge in [0, 0.05) is 13.3 Å². The van der Waals surface area contributed by atoms with Crippen molar-refractivity contribution in [3.8, 4) is 0 Å². The number of hydrogen-bond donors (Lipinski definition) is 0. The zero-order valence-corrected chi connectivity index (χ0v) is 16.3. The predicted octanol–water partition coefficient (Wildman–Crippen LogP) is 6.79. The molecule has 0 aliphatic carbocycles. The van der Waals surface area contributed by atoms with E-state index in [1.165, 1.54) is 15.3 Å². The van der Waals surface area contributed by atoms with E-state index in [0.29, 0.717) is 0 Å². The third-order valence-corrected chi connectivity index (χ3v) is 7.33. The number of alkyl halides is 1. The maximum atomic E-state index is 6.20. The average molecular weight is 470 g/mol. The van der Waals surface area contributed by atoms with Gasteiger partial charge in [-0.2, -0.15) is 0 Å². The summed E-state index contributed by atoms with van der Waals surface area (Å²) in [5, 5.41) is 0.815. The number of halogens is 3. The molecule has 0 amide bonds. The van der Waals surface area contributed by atoms with Gasteiger partial charge in [-0.3, -0.25) is 0 Å². The van der Waals surface area contributed by atoms with Crippen LogP contribution in [0.15, 0.2) is 30.3 Å². The lowest BCUT2D eigenvalue weighted by molar-refractivity contribution is 0.604. The summed E-state index contributed by atoms with van der Waals surface area (Å²) in [7, 11) is 0. The van der Waals surface area contributed by atoms with Gasteiger partial charge in [-0.25, -0.2) is 0 Å². The fourth-order valence-corrected chi connectivity index (χ4v) is 4.04. The van der Waals surface area contributed by atoms with E-state index >= 15 is 0 Å². The Morgan fingerprint density at radius 3 is 2.42 bits per heavy atom. The summed E-state index contributed by atoms with van der Waals surface area (Å²) >= 11 is 14.1. The van der Waals surface area contributed by atoms with Crippen molar-refractivity contribution in [3.63, 3.8) is 0 Å². The van der Waals surface area contributed by atoms with Crippen molar-refractivity contribution in [3.05, 3.63) is 54.2 Å². The highest BCUT2D eigenvalue weighted by Gasteiger charge is 2.19. The molecule has 0 nitrogen and oxygen atoms in total. The molecule has 1 heterocycles. The minimum absolute atomic E-state index is 0.208. The highest BCUT2D eigenvalue weighted by Crippen LogP contribution is 2.39. The van der Waals surface area contributed by atoms with Crippen molar-refractivity contribution >= 4 is 61.5 Å². The third-order valence-electron chi connectivity index (χ3n) is 2.85. The molecule has 19 heavy (non-hydrogen) atoms. The first-order valence-corrected chi connectivity index (χ1v) is 9.17. The first-order valence-electron chi connectivity index (χ1n) is 5.98. The van der Waals surface area contributed by atoms with Gasteiger partial charge in [-0.1, -0.05) is 54.4 Å². The van der Waals surface area contributed by atoms with Gasteiger partial charge in [-0.05, 0) is 57.8 Å². The Morgan fingerprint density at radius 1 is 1.21 bits per heavy atom. The van der Waals surface area contributed by atoms with Crippen molar-refractivity contribution in [2.45, 2.75) is 31.0 Å². The van der Waals surface area contributed by atoms with E-state index in [1.54, 1.807) is 0 Å². The molecule has 1 aromatic heterocycles. The molecular formula is C15H15BrClIS. The van der Waals surface area contributed by atoms with Crippen molar-refractivity contribution in [1.29, 1.82) is 0 Å². The minimum Gasteiger partial charge on any atom is -0.143 e. The normalized spacial score (nSPS) is 13.6. The molecule has 0 radical (unpaired) electrons. The van der Waals surface area contributed by atoms with Crippen LogP contribution in [0.5, 0.6) is 0 Å². The summed E-state index contributed by atoms with van der Waals surface area (Å²) < 4.78 is 1.09. The van der Waals surface area contributed by atoms with Crippen molar-refractivity contribution in [1.82, 2.24) is 0 Å². The smallest absolute Gasteiger partial charge is 0.0738 e. The summed E-state index contributed by atoms with van der Waals surface area (Å²) in [5.41, 5.74) is 1.41. The van der Waals surface area contributed by atoms with Gasteiger partial charge in [0.2, 0.25) is 0 Å². The highest BCUT2D eigenvalue weighted by molar-refractivity contribution is 14.1. The molecule has 0 aliphatic rings. The predicted molar refractivity (Wildman–Crippen MR) is 98.0 cm³/mol. The second-order valence-corrected chi connectivity index (χ2v) is 9.09. The van der Waals surface area contributed by atoms with Crippen molar-refractivity contribution < 1.29 is 0 Å². The lowest BCUT2D eigenvalue weighted by Gasteiger charge is -2.15. The molecule has 0 spiro atoms. The zero-order valence-electron chi connectivity index (χ0n) is 11.0. The van der Waals surface area contributed by atoms with E-state index < -0.39 is 0 Å². The lowest BCUT2D eigenvalue weighted by atomic mass is 9.95. The Kier molecular flexibility index (Phi) is 5.02. The molecule has 1 atom stereocenters. The molecule has 0 N–H and O–H groups in total. The van der Waals surface area contributed by atoms with Gasteiger partial charge in [0.15, 0.2) is 0 Å². The lowest BCUT2D eigenvalue weighted by Crippen LogP contribution is -2.07. The van der Waals surface area contributed by atoms with E-state index in [0.717, 1.165) is 8.59 Å². The second kappa shape index (κ2) is 6.04. The number of rotatable bonds is 2. The summed E-state index contributed by atoms with van der Waals surface area (Å²) in [5.74, 6) is 0. The number of thiophene rings is 1. The summed E-state index contributed by atoms with van der Waals surface area (Å²) in [6.07, 6.45) is 0. The van der Waals surface area contributed by atoms with Crippen LogP contribution >= 0.6 is 61.5 Å². The fraction of sp³-hybridized carbons (Fsp3) is 0.333. The van der Waals surface area contributed by atoms with Crippen LogP contribution in [0.1, 0.15) is 40.9 Å². The van der Waals surface area contributed by atoms with Gasteiger partial charge >= 0.3 is 0 Å². The van der Waals surface area contributed by atoms with Crippen LogP contribution in [0.2, 0.25) is 5.02 Å². The van der Waals surface area contributed by atoms with E-state index in [9.17, 15) is 0 Å². The van der Waals surface area contributed by atoms with Crippen molar-refractivity contribution in [2.75, 3.05) is 0 Å². The van der Waals surface area contributed by atoms with Gasteiger partial charge in [-0.15, -0.1) is 11.3 Å². The molecule has 1 unspecified atom stereocenters. The average Bonchev–Trinajstić information content (AvgIpc) is 2.81. The standard InChI is InChI=1S/C15H15BrClIS/c1-15(2,3)13-7-6-12(19-13)14(16)9-4-5-11(18)10(17)8-9/h4-8,14H,1-3H3. The summed E-state index contributed by atoms with van der Waals surface area (Å²) in [6.45, 7) is 6.73. The van der Waals surface area contributed by atoms with Crippen LogP contribution in [-0.2, 0) is 5.41 Å². The summed E-state index contributed by atoms with van der Waals surface area (Å²) in [6, 6.07) is 10.7. The SMILES string of the molecule is CC(C)(C)c1ccc(C(Br)c2ccc(I)c(Cl)c2)s1. The Hall–Kier alpha value is 0.420. The van der Waals surface area contributed by atoms with E-state index in [1.807, 2.05) is 17.4 Å². The third kappa shape index (κ3) is 3.74. The Balaban J connectivity index is 2.31. The van der Waals surface area contributed by atoms with Crippen LogP contribution < -0.4 is 0 Å². The molecule has 0 saturated heterocycles. The fourth-order valence-electron chi connectivity index (χ4n) is 1.73. The van der Waals surface area contributed by atoms with Crippen LogP contribution in [-0.4, -0.2) is 0 Å². The van der Waals surface area contributed by atoms with E-state index in [4.69, 9.17) is 11.6 Å². The monoisotopic (exact) mass is 468 g/mol. The maximum absolute atomic E-state index is 6.20. The zero-order chi connectivity index (χ0) is 14.2. The molecule has 0 saturated carbocycles. The second-order valence-electron chi connectivity index (χ2n) is 5.49. The molecular weight excluding hydrogens is 454 g/mol. The van der Waals surface area contributed by atoms with Crippen LogP contribution in [0.25, 0.3) is 0 Å². The van der Waals surface area contributed by atoms with Crippen molar-refractivity contribution in [2.24, 2.45) is 0 Å². The molecule has 2 rings (SSSR count). The topological polar surface area (TPSA) is 0 Å². The Morgan fingerprint density at radius 2 is 1.89 bits per heavy atom. The molecule has 0 bridgehead atoms. The quantitative estimate of drug-likeness (QED) is 0.336. The molecule has 0 fully saturated rings. The minimum atomic E-state index is 0.208. The van der Waals surface area contributed by atoms with Gasteiger partial charge in [0.1, 0.15) is 0 Å². The first-order chi connectivity index (χ1) is 8.79. The summed E-state index contributed by atoms with van der Waals surface area (Å²) in [4.78, 5) is 2.94. The maximum Gasteiger partial charge on any atom is 0.0738 e.